The third-order valence-corrected chi connectivity index (χ3v) is 3.98. The highest BCUT2D eigenvalue weighted by atomic mass is 16.6. The lowest BCUT2D eigenvalue weighted by Crippen LogP contribution is -2.14. The van der Waals surface area contributed by atoms with E-state index in [2.05, 4.69) is 4.99 Å². The third-order valence-electron chi connectivity index (χ3n) is 3.98. The summed E-state index contributed by atoms with van der Waals surface area (Å²) in [6.45, 7) is 1.11. The highest BCUT2D eigenvalue weighted by Gasteiger charge is 2.13. The van der Waals surface area contributed by atoms with Crippen LogP contribution in [0.25, 0.3) is 10.9 Å². The first-order valence-corrected chi connectivity index (χ1v) is 7.44. The van der Waals surface area contributed by atoms with E-state index >= 15 is 0 Å². The van der Waals surface area contributed by atoms with Gasteiger partial charge in [0.05, 0.1) is 16.8 Å². The van der Waals surface area contributed by atoms with Crippen LogP contribution in [-0.2, 0) is 7.05 Å². The van der Waals surface area contributed by atoms with Crippen LogP contribution < -0.4 is 9.47 Å². The van der Waals surface area contributed by atoms with Crippen molar-refractivity contribution in [2.45, 2.75) is 0 Å². The lowest BCUT2D eigenvalue weighted by Gasteiger charge is -2.18. The zero-order valence-electron chi connectivity index (χ0n) is 12.7. The van der Waals surface area contributed by atoms with Crippen molar-refractivity contribution in [2.75, 3.05) is 13.2 Å². The molecule has 0 radical (unpaired) electrons. The van der Waals surface area contributed by atoms with Crippen LogP contribution in [0.3, 0.4) is 0 Å². The van der Waals surface area contributed by atoms with Crippen LogP contribution in [-0.4, -0.2) is 29.1 Å². The largest absolute Gasteiger partial charge is 0.494 e. The average molecular weight is 308 g/mol. The van der Waals surface area contributed by atoms with Crippen LogP contribution >= 0.6 is 0 Å². The lowest BCUT2D eigenvalue weighted by atomic mass is 10.2. The fourth-order valence-electron chi connectivity index (χ4n) is 2.79. The van der Waals surface area contributed by atoms with Crippen molar-refractivity contribution in [3.05, 3.63) is 48.0 Å². The molecule has 0 saturated heterocycles. The number of aromatic nitrogens is 1. The molecule has 3 aromatic rings. The summed E-state index contributed by atoms with van der Waals surface area (Å²) in [6.07, 6.45) is 1.68. The molecule has 1 aliphatic heterocycles. The summed E-state index contributed by atoms with van der Waals surface area (Å²) < 4.78 is 12.8. The van der Waals surface area contributed by atoms with Crippen molar-refractivity contribution in [1.82, 2.24) is 4.57 Å². The Morgan fingerprint density at radius 2 is 1.87 bits per heavy atom. The number of aryl methyl sites for hydroxylation is 1. The molecule has 1 aromatic heterocycles. The Morgan fingerprint density at radius 3 is 2.74 bits per heavy atom. The summed E-state index contributed by atoms with van der Waals surface area (Å²) in [4.78, 5) is 4.48. The fourth-order valence-corrected chi connectivity index (χ4v) is 2.79. The maximum atomic E-state index is 10.3. The molecule has 2 aromatic carbocycles. The number of nitrogens with zero attached hydrogens (tertiary/aromatic N) is 2. The first-order valence-electron chi connectivity index (χ1n) is 7.44. The Bertz CT molecular complexity index is 912. The molecule has 1 N–H and O–H groups in total. The van der Waals surface area contributed by atoms with Gasteiger partial charge in [0.1, 0.15) is 13.2 Å². The van der Waals surface area contributed by atoms with Crippen molar-refractivity contribution < 1.29 is 14.6 Å². The van der Waals surface area contributed by atoms with Crippen molar-refractivity contribution >= 4 is 22.8 Å². The number of hydrogen-bond donors (Lipinski definition) is 1. The number of aromatic hydroxyl groups is 1. The van der Waals surface area contributed by atoms with E-state index in [1.807, 2.05) is 49.5 Å². The van der Waals surface area contributed by atoms with Gasteiger partial charge < -0.3 is 19.1 Å². The molecule has 0 aliphatic carbocycles. The Kier molecular flexibility index (Phi) is 3.19. The van der Waals surface area contributed by atoms with Crippen LogP contribution in [0.4, 0.5) is 5.69 Å². The molecule has 5 nitrogen and oxygen atoms in total. The number of fused-ring (bicyclic) bond motifs is 2. The second kappa shape index (κ2) is 5.35. The minimum absolute atomic E-state index is 0.201. The minimum Gasteiger partial charge on any atom is -0.494 e. The Morgan fingerprint density at radius 1 is 1.09 bits per heavy atom. The molecule has 0 bridgehead atoms. The molecule has 0 atom stereocenters. The number of para-hydroxylation sites is 1. The number of hydrogen-bond acceptors (Lipinski definition) is 4. The van der Waals surface area contributed by atoms with Gasteiger partial charge in [0.15, 0.2) is 11.5 Å². The van der Waals surface area contributed by atoms with E-state index in [9.17, 15) is 5.11 Å². The maximum Gasteiger partial charge on any atom is 0.200 e. The van der Waals surface area contributed by atoms with E-state index in [1.54, 1.807) is 10.8 Å². The van der Waals surface area contributed by atoms with Gasteiger partial charge in [-0.3, -0.25) is 4.99 Å². The molecule has 5 heteroatoms. The third kappa shape index (κ3) is 2.30. The summed E-state index contributed by atoms with van der Waals surface area (Å²) >= 11 is 0. The molecule has 116 valence electrons. The summed E-state index contributed by atoms with van der Waals surface area (Å²) in [5, 5.41) is 11.3. The summed E-state index contributed by atoms with van der Waals surface area (Å²) in [7, 11) is 1.83. The molecule has 0 spiro atoms. The number of benzene rings is 2. The van der Waals surface area contributed by atoms with E-state index < -0.39 is 0 Å². The zero-order chi connectivity index (χ0) is 15.8. The maximum absolute atomic E-state index is 10.3. The normalized spacial score (nSPS) is 13.8. The highest BCUT2D eigenvalue weighted by molar-refractivity contribution is 6.03. The first kappa shape index (κ1) is 13.7. The van der Waals surface area contributed by atoms with Crippen LogP contribution in [0.15, 0.2) is 47.5 Å². The van der Waals surface area contributed by atoms with Gasteiger partial charge in [-0.25, -0.2) is 0 Å². The predicted octanol–water partition coefficient (Wildman–Crippen LogP) is 3.41. The van der Waals surface area contributed by atoms with E-state index in [0.717, 1.165) is 22.3 Å². The molecular weight excluding hydrogens is 292 g/mol. The van der Waals surface area contributed by atoms with E-state index in [0.29, 0.717) is 24.5 Å². The van der Waals surface area contributed by atoms with Gasteiger partial charge >= 0.3 is 0 Å². The monoisotopic (exact) mass is 308 g/mol. The lowest BCUT2D eigenvalue weighted by molar-refractivity contribution is 0.171. The Balaban J connectivity index is 1.73. The second-order valence-corrected chi connectivity index (χ2v) is 5.40. The van der Waals surface area contributed by atoms with Gasteiger partial charge in [0.2, 0.25) is 5.88 Å². The van der Waals surface area contributed by atoms with E-state index in [-0.39, 0.29) is 5.88 Å². The van der Waals surface area contributed by atoms with Gasteiger partial charge in [-0.1, -0.05) is 18.2 Å². The highest BCUT2D eigenvalue weighted by Crippen LogP contribution is 2.34. The zero-order valence-corrected chi connectivity index (χ0v) is 12.7. The molecule has 0 saturated carbocycles. The summed E-state index contributed by atoms with van der Waals surface area (Å²) in [6, 6.07) is 13.4. The van der Waals surface area contributed by atoms with E-state index in [4.69, 9.17) is 9.47 Å². The van der Waals surface area contributed by atoms with Crippen LogP contribution in [0.5, 0.6) is 17.4 Å². The van der Waals surface area contributed by atoms with Crippen molar-refractivity contribution in [3.63, 3.8) is 0 Å². The molecule has 0 amide bonds. The van der Waals surface area contributed by atoms with Gasteiger partial charge in [0.25, 0.3) is 0 Å². The van der Waals surface area contributed by atoms with Crippen LogP contribution in [0.2, 0.25) is 0 Å². The molecule has 1 aliphatic rings. The smallest absolute Gasteiger partial charge is 0.200 e. The standard InChI is InChI=1S/C18H16N2O3/c1-20-15-5-3-2-4-13(15)14(18(20)21)11-19-12-6-7-16-17(10-12)23-9-8-22-16/h2-7,10-11,21H,8-9H2,1H3. The number of rotatable bonds is 2. The molecule has 0 fully saturated rings. The van der Waals surface area contributed by atoms with Gasteiger partial charge in [-0.05, 0) is 18.2 Å². The van der Waals surface area contributed by atoms with Gasteiger partial charge in [-0.2, -0.15) is 0 Å². The SMILES string of the molecule is Cn1c(O)c(C=Nc2ccc3c(c2)OCCO3)c2ccccc21. The van der Waals surface area contributed by atoms with Crippen molar-refractivity contribution in [2.24, 2.45) is 12.0 Å². The van der Waals surface area contributed by atoms with E-state index in [1.165, 1.54) is 0 Å². The van der Waals surface area contributed by atoms with Crippen molar-refractivity contribution in [3.8, 4) is 17.4 Å². The summed E-state index contributed by atoms with van der Waals surface area (Å²) in [5.74, 6) is 1.64. The second-order valence-electron chi connectivity index (χ2n) is 5.40. The predicted molar refractivity (Wildman–Crippen MR) is 89.3 cm³/mol. The topological polar surface area (TPSA) is 56.0 Å². The summed E-state index contributed by atoms with van der Waals surface area (Å²) in [5.41, 5.74) is 2.42. The molecule has 2 heterocycles. The Labute approximate surface area is 133 Å². The fraction of sp³-hybridized carbons (Fsp3) is 0.167. The minimum atomic E-state index is 0.201. The molecule has 4 rings (SSSR count). The van der Waals surface area contributed by atoms with Crippen molar-refractivity contribution in [1.29, 1.82) is 0 Å². The van der Waals surface area contributed by atoms with Gasteiger partial charge in [-0.15, -0.1) is 0 Å². The average Bonchev–Trinajstić information content (AvgIpc) is 2.84. The number of ether oxygens (including phenoxy) is 2. The quantitative estimate of drug-likeness (QED) is 0.738. The van der Waals surface area contributed by atoms with Crippen LogP contribution in [0.1, 0.15) is 5.56 Å². The molecule has 23 heavy (non-hydrogen) atoms. The molecular formula is C18H16N2O3. The van der Waals surface area contributed by atoms with Crippen LogP contribution in [0, 0.1) is 0 Å². The molecule has 0 unspecified atom stereocenters. The first-order chi connectivity index (χ1) is 11.2. The number of aliphatic imine (C=N–C) groups is 1. The van der Waals surface area contributed by atoms with Gasteiger partial charge in [0, 0.05) is 24.7 Å². The Hall–Kier alpha value is -2.95.